The van der Waals surface area contributed by atoms with E-state index in [-0.39, 0.29) is 0 Å². The van der Waals surface area contributed by atoms with Crippen LogP contribution < -0.4 is 4.90 Å². The Hall–Kier alpha value is -3.29. The molecule has 7 heteroatoms. The van der Waals surface area contributed by atoms with Crippen LogP contribution in [0.5, 0.6) is 0 Å². The number of aromatic nitrogens is 2. The zero-order valence-electron chi connectivity index (χ0n) is 17.8. The molecule has 32 heavy (non-hydrogen) atoms. The fourth-order valence-corrected chi connectivity index (χ4v) is 5.55. The smallest absolute Gasteiger partial charge is 0.243 e. The van der Waals surface area contributed by atoms with Gasteiger partial charge in [0.25, 0.3) is 0 Å². The highest BCUT2D eigenvalue weighted by atomic mass is 32.2. The standard InChI is InChI=1S/C25H24N4O2S/c1-19-11-13-21(14-12-19)32(30,31)29-17-15-28(16-18-29)25-23-10-6-5-9-22(23)24(26-27-25)20-7-3-2-4-8-20/h2-14H,15-18H2,1H3. The van der Waals surface area contributed by atoms with Crippen molar-refractivity contribution in [3.63, 3.8) is 0 Å². The third-order valence-electron chi connectivity index (χ3n) is 5.91. The third-order valence-corrected chi connectivity index (χ3v) is 7.82. The van der Waals surface area contributed by atoms with Gasteiger partial charge in [-0.2, -0.15) is 4.31 Å². The number of nitrogens with zero attached hydrogens (tertiary/aromatic N) is 4. The van der Waals surface area contributed by atoms with Gasteiger partial charge in [0, 0.05) is 42.5 Å². The first-order valence-electron chi connectivity index (χ1n) is 10.7. The summed E-state index contributed by atoms with van der Waals surface area (Å²) in [4.78, 5) is 2.47. The highest BCUT2D eigenvalue weighted by Gasteiger charge is 2.29. The van der Waals surface area contributed by atoms with Gasteiger partial charge in [0.05, 0.1) is 4.90 Å². The molecule has 0 bridgehead atoms. The van der Waals surface area contributed by atoms with Crippen LogP contribution in [0.1, 0.15) is 5.56 Å². The molecule has 0 radical (unpaired) electrons. The SMILES string of the molecule is Cc1ccc(S(=O)(=O)N2CCN(c3nnc(-c4ccccc4)c4ccccc34)CC2)cc1. The molecule has 6 nitrogen and oxygen atoms in total. The number of benzene rings is 3. The molecule has 1 aliphatic rings. The average molecular weight is 445 g/mol. The Morgan fingerprint density at radius 3 is 2.03 bits per heavy atom. The quantitative estimate of drug-likeness (QED) is 0.474. The van der Waals surface area contributed by atoms with E-state index in [1.165, 1.54) is 0 Å². The predicted octanol–water partition coefficient (Wildman–Crippen LogP) is 4.12. The van der Waals surface area contributed by atoms with E-state index >= 15 is 0 Å². The molecule has 5 rings (SSSR count). The molecule has 1 fully saturated rings. The molecular formula is C25H24N4O2S. The number of hydrogen-bond donors (Lipinski definition) is 0. The van der Waals surface area contributed by atoms with Gasteiger partial charge in [-0.25, -0.2) is 8.42 Å². The Kier molecular flexibility index (Phi) is 5.36. The molecule has 0 atom stereocenters. The Morgan fingerprint density at radius 1 is 0.719 bits per heavy atom. The Labute approximate surface area is 188 Å². The van der Waals surface area contributed by atoms with Gasteiger partial charge in [0.15, 0.2) is 5.82 Å². The number of rotatable bonds is 4. The molecule has 0 N–H and O–H groups in total. The second kappa shape index (κ2) is 8.33. The molecule has 162 valence electrons. The summed E-state index contributed by atoms with van der Waals surface area (Å²) in [5.74, 6) is 0.799. The summed E-state index contributed by atoms with van der Waals surface area (Å²) >= 11 is 0. The molecular weight excluding hydrogens is 420 g/mol. The number of aryl methyl sites for hydroxylation is 1. The van der Waals surface area contributed by atoms with Crippen molar-refractivity contribution in [1.82, 2.24) is 14.5 Å². The first kappa shape index (κ1) is 20.6. The molecule has 0 amide bonds. The van der Waals surface area contributed by atoms with Gasteiger partial charge in [-0.15, -0.1) is 10.2 Å². The number of fused-ring (bicyclic) bond motifs is 1. The lowest BCUT2D eigenvalue weighted by Gasteiger charge is -2.35. The molecule has 0 aliphatic carbocycles. The van der Waals surface area contributed by atoms with Crippen LogP contribution in [-0.4, -0.2) is 49.1 Å². The van der Waals surface area contributed by atoms with Crippen molar-refractivity contribution < 1.29 is 8.42 Å². The molecule has 1 saturated heterocycles. The normalized spacial score (nSPS) is 15.2. The molecule has 2 heterocycles. The highest BCUT2D eigenvalue weighted by molar-refractivity contribution is 7.89. The number of sulfonamides is 1. The summed E-state index contributed by atoms with van der Waals surface area (Å²) in [6.07, 6.45) is 0. The molecule has 0 unspecified atom stereocenters. The van der Waals surface area contributed by atoms with Gasteiger partial charge in [-0.3, -0.25) is 0 Å². The van der Waals surface area contributed by atoms with E-state index in [1.54, 1.807) is 16.4 Å². The van der Waals surface area contributed by atoms with E-state index in [9.17, 15) is 8.42 Å². The second-order valence-electron chi connectivity index (χ2n) is 7.99. The Morgan fingerprint density at radius 2 is 1.34 bits per heavy atom. The van der Waals surface area contributed by atoms with E-state index in [2.05, 4.69) is 27.2 Å². The maximum Gasteiger partial charge on any atom is 0.243 e. The molecule has 1 aliphatic heterocycles. The maximum atomic E-state index is 13.0. The first-order valence-corrected chi connectivity index (χ1v) is 12.1. The van der Waals surface area contributed by atoms with Gasteiger partial charge in [-0.05, 0) is 19.1 Å². The van der Waals surface area contributed by atoms with Crippen LogP contribution in [0.3, 0.4) is 0 Å². The maximum absolute atomic E-state index is 13.0. The van der Waals surface area contributed by atoms with Crippen LogP contribution >= 0.6 is 0 Å². The summed E-state index contributed by atoms with van der Waals surface area (Å²) in [7, 11) is -3.50. The molecule has 4 aromatic rings. The number of anilines is 1. The van der Waals surface area contributed by atoms with Crippen LogP contribution in [0.25, 0.3) is 22.0 Å². The van der Waals surface area contributed by atoms with Crippen LogP contribution in [0.15, 0.2) is 83.8 Å². The van der Waals surface area contributed by atoms with Crippen LogP contribution in [0, 0.1) is 6.92 Å². The molecule has 0 saturated carbocycles. The van der Waals surface area contributed by atoms with Crippen molar-refractivity contribution in [3.8, 4) is 11.3 Å². The largest absolute Gasteiger partial charge is 0.352 e. The van der Waals surface area contributed by atoms with Crippen LogP contribution in [0.2, 0.25) is 0 Å². The number of piperazine rings is 1. The van der Waals surface area contributed by atoms with Crippen LogP contribution in [-0.2, 0) is 10.0 Å². The van der Waals surface area contributed by atoms with E-state index in [0.29, 0.717) is 31.1 Å². The summed E-state index contributed by atoms with van der Waals surface area (Å²) in [5.41, 5.74) is 2.92. The summed E-state index contributed by atoms with van der Waals surface area (Å²) in [6, 6.07) is 25.2. The fourth-order valence-electron chi connectivity index (χ4n) is 4.13. The van der Waals surface area contributed by atoms with Crippen molar-refractivity contribution >= 4 is 26.6 Å². The van der Waals surface area contributed by atoms with Gasteiger partial charge < -0.3 is 4.90 Å². The Bertz CT molecular complexity index is 1350. The highest BCUT2D eigenvalue weighted by Crippen LogP contribution is 2.32. The number of hydrogen-bond acceptors (Lipinski definition) is 5. The van der Waals surface area contributed by atoms with Crippen molar-refractivity contribution in [2.24, 2.45) is 0 Å². The minimum atomic E-state index is -3.50. The minimum absolute atomic E-state index is 0.342. The van der Waals surface area contributed by atoms with E-state index in [0.717, 1.165) is 33.4 Å². The lowest BCUT2D eigenvalue weighted by atomic mass is 10.0. The van der Waals surface area contributed by atoms with Gasteiger partial charge in [-0.1, -0.05) is 72.3 Å². The van der Waals surface area contributed by atoms with Gasteiger partial charge in [0.1, 0.15) is 5.69 Å². The molecule has 0 spiro atoms. The van der Waals surface area contributed by atoms with Gasteiger partial charge in [0.2, 0.25) is 10.0 Å². The molecule has 1 aromatic heterocycles. The van der Waals surface area contributed by atoms with Crippen molar-refractivity contribution in [1.29, 1.82) is 0 Å². The lowest BCUT2D eigenvalue weighted by Crippen LogP contribution is -2.49. The van der Waals surface area contributed by atoms with E-state index < -0.39 is 10.0 Å². The lowest BCUT2D eigenvalue weighted by molar-refractivity contribution is 0.384. The topological polar surface area (TPSA) is 66.4 Å². The van der Waals surface area contributed by atoms with Crippen molar-refractivity contribution in [2.45, 2.75) is 11.8 Å². The predicted molar refractivity (Wildman–Crippen MR) is 127 cm³/mol. The third kappa shape index (κ3) is 3.74. The first-order chi connectivity index (χ1) is 15.5. The average Bonchev–Trinajstić information content (AvgIpc) is 2.84. The van der Waals surface area contributed by atoms with Crippen LogP contribution in [0.4, 0.5) is 5.82 Å². The minimum Gasteiger partial charge on any atom is -0.352 e. The van der Waals surface area contributed by atoms with Crippen molar-refractivity contribution in [2.75, 3.05) is 31.1 Å². The zero-order valence-corrected chi connectivity index (χ0v) is 18.7. The molecule has 3 aromatic carbocycles. The second-order valence-corrected chi connectivity index (χ2v) is 9.93. The Balaban J connectivity index is 1.42. The van der Waals surface area contributed by atoms with Crippen molar-refractivity contribution in [3.05, 3.63) is 84.4 Å². The monoisotopic (exact) mass is 444 g/mol. The van der Waals surface area contributed by atoms with Gasteiger partial charge >= 0.3 is 0 Å². The zero-order chi connectivity index (χ0) is 22.1. The fraction of sp³-hybridized carbons (Fsp3) is 0.200. The van der Waals surface area contributed by atoms with E-state index in [4.69, 9.17) is 0 Å². The summed E-state index contributed by atoms with van der Waals surface area (Å²) in [5, 5.41) is 11.2. The summed E-state index contributed by atoms with van der Waals surface area (Å²) in [6.45, 7) is 3.89. The van der Waals surface area contributed by atoms with E-state index in [1.807, 2.05) is 61.5 Å². The summed E-state index contributed by atoms with van der Waals surface area (Å²) < 4.78 is 27.6.